The van der Waals surface area contributed by atoms with Crippen molar-refractivity contribution >= 4 is 93.5 Å². The van der Waals surface area contributed by atoms with Gasteiger partial charge in [-0.2, -0.15) is 0 Å². The average molecular weight is 1350 g/mol. The lowest BCUT2D eigenvalue weighted by Gasteiger charge is -2.39. The summed E-state index contributed by atoms with van der Waals surface area (Å²) in [5.74, 6) is -8.00. The maximum Gasteiger partial charge on any atom is 0.246 e. The number of carbonyl (C=O) groups excluding carboxylic acids is 12. The quantitative estimate of drug-likeness (QED) is 0.191. The Bertz CT molecular complexity index is 2470. The molecule has 10 atom stereocenters. The number of fused-ring (bicyclic) bond motifs is 7. The number of likely N-dealkylation sites (tertiary alicyclic amines) is 1. The van der Waals surface area contributed by atoms with E-state index in [2.05, 4.69) is 43.9 Å². The van der Waals surface area contributed by atoms with Crippen LogP contribution in [-0.2, 0) is 57.5 Å². The van der Waals surface area contributed by atoms with Gasteiger partial charge in [0, 0.05) is 66.3 Å². The maximum atomic E-state index is 15.1. The first kappa shape index (κ1) is 74.8. The van der Waals surface area contributed by atoms with E-state index in [4.69, 9.17) is 0 Å². The van der Waals surface area contributed by atoms with E-state index in [0.717, 1.165) is 37.0 Å². The zero-order valence-electron chi connectivity index (χ0n) is 55.5. The summed E-state index contributed by atoms with van der Waals surface area (Å²) in [7, 11) is 10.0. The van der Waals surface area contributed by atoms with Gasteiger partial charge in [-0.1, -0.05) is 109 Å². The zero-order chi connectivity index (χ0) is 66.1. The molecule has 88 heavy (non-hydrogen) atoms. The van der Waals surface area contributed by atoms with Crippen molar-refractivity contribution in [2.45, 2.75) is 223 Å². The summed E-state index contributed by atoms with van der Waals surface area (Å²) in [6.45, 7) is 13.5. The normalized spacial score (nSPS) is 28.6. The molecule has 3 saturated heterocycles. The molecule has 1 saturated carbocycles. The predicted octanol–water partition coefficient (Wildman–Crippen LogP) is 3.31. The molecule has 2 bridgehead atoms. The highest BCUT2D eigenvalue weighted by Gasteiger charge is 2.44. The highest BCUT2D eigenvalue weighted by Crippen LogP contribution is 2.33. The van der Waals surface area contributed by atoms with E-state index in [1.165, 1.54) is 92.6 Å². The number of likely N-dealkylation sites (N-methyl/N-ethyl adjacent to an activating group) is 7. The minimum Gasteiger partial charge on any atom is -0.343 e. The Morgan fingerprint density at radius 3 is 1.76 bits per heavy atom. The molecule has 2 unspecified atom stereocenters. The van der Waals surface area contributed by atoms with Crippen LogP contribution in [0.3, 0.4) is 0 Å². The second-order valence-electron chi connectivity index (χ2n) is 26.9. The number of alkyl halides is 1. The van der Waals surface area contributed by atoms with Crippen molar-refractivity contribution in [1.29, 1.82) is 0 Å². The summed E-state index contributed by atoms with van der Waals surface area (Å²) >= 11 is 2.40. The zero-order valence-corrected chi connectivity index (χ0v) is 57.7. The second kappa shape index (κ2) is 34.5. The van der Waals surface area contributed by atoms with Crippen molar-refractivity contribution in [3.8, 4) is 0 Å². The van der Waals surface area contributed by atoms with Crippen LogP contribution in [0, 0.1) is 23.7 Å². The van der Waals surface area contributed by atoms with Crippen LogP contribution >= 0.6 is 22.6 Å². The summed E-state index contributed by atoms with van der Waals surface area (Å²) in [6, 6.07) is -8.28. The van der Waals surface area contributed by atoms with E-state index < -0.39 is 151 Å². The highest BCUT2D eigenvalue weighted by atomic mass is 127. The number of piperidine rings is 1. The molecule has 4 N–H and O–H groups in total. The SMILES string of the molecule is CC[C@H](C)[C@@H]1NC(=O)[C@H](CC(C)C)N(C)C(=O)C[C@@H](C(=O)N2CCCCC2)N(C)C(=O)[C@H](CC(C)C)NC(=O)C(C)(C)N(C)C(=O)[C@@H]2CCCCCC[C@@H](C(=O)N(C)CC(=O)N[C@@H](CC3CCCC(I)C3)C(=O)N2)N(C)C(=O)CN(C)C(=O)CN(C)C1=O. The van der Waals surface area contributed by atoms with Gasteiger partial charge in [0.05, 0.1) is 26.1 Å². The molecular weight excluding hydrogens is 1240 g/mol. The van der Waals surface area contributed by atoms with E-state index in [9.17, 15) is 47.9 Å². The van der Waals surface area contributed by atoms with Crippen LogP contribution in [0.15, 0.2) is 0 Å². The Kier molecular flexibility index (Phi) is 29.4. The van der Waals surface area contributed by atoms with Crippen molar-refractivity contribution in [3.05, 3.63) is 0 Å². The molecular formula is C63H107IN12O12. The van der Waals surface area contributed by atoms with Crippen molar-refractivity contribution in [3.63, 3.8) is 0 Å². The molecule has 4 aliphatic rings. The van der Waals surface area contributed by atoms with Crippen LogP contribution in [0.4, 0.5) is 0 Å². The van der Waals surface area contributed by atoms with Gasteiger partial charge in [-0.25, -0.2) is 0 Å². The topological polar surface area (TPSA) is 279 Å². The van der Waals surface area contributed by atoms with Gasteiger partial charge in [0.1, 0.15) is 47.8 Å². The Labute approximate surface area is 537 Å². The van der Waals surface area contributed by atoms with Crippen LogP contribution in [-0.4, -0.2) is 244 Å². The third kappa shape index (κ3) is 21.0. The standard InChI is InChI=1S/C63H107IN12O12/c1-16-41(6)54-61(87)71(11)37-52(79)69(9)38-53(80)72(12)47-28-21-18-17-20-27-44(66-55(81)45(34-42-25-24-26-43(64)33-42)65-50(77)36-70(10)59(47)85)58(84)75(15)63(7,8)62(88)67-46(31-39(2)3)57(83)74(14)49(60(86)76-29-22-19-23-30-76)35-51(78)73(13)48(32-40(4)5)56(82)68-54/h39-49,54H,16-38H2,1-15H3,(H,65,77)(H,66,81)(H,67,88)(H,68,82)/t41-,42?,43?,44-,45-,46-,47-,48-,49-,54-/m0/s1. The maximum absolute atomic E-state index is 15.1. The largest absolute Gasteiger partial charge is 0.343 e. The lowest BCUT2D eigenvalue weighted by atomic mass is 9.84. The summed E-state index contributed by atoms with van der Waals surface area (Å²) in [5, 5.41) is 11.7. The van der Waals surface area contributed by atoms with Gasteiger partial charge in [-0.05, 0) is 102 Å². The molecule has 4 fully saturated rings. The summed E-state index contributed by atoms with van der Waals surface area (Å²) < 4.78 is 0.358. The molecule has 0 radical (unpaired) electrons. The minimum atomic E-state index is -1.66. The fourth-order valence-electron chi connectivity index (χ4n) is 12.2. The third-order valence-electron chi connectivity index (χ3n) is 18.5. The lowest BCUT2D eigenvalue weighted by molar-refractivity contribution is -0.152. The smallest absolute Gasteiger partial charge is 0.246 e. The van der Waals surface area contributed by atoms with Gasteiger partial charge in [0.15, 0.2) is 0 Å². The van der Waals surface area contributed by atoms with E-state index in [1.807, 2.05) is 34.6 Å². The number of carbonyl (C=O) groups is 12. The molecule has 4 rings (SSSR count). The fraction of sp³-hybridized carbons (Fsp3) is 0.810. The highest BCUT2D eigenvalue weighted by molar-refractivity contribution is 14.1. The molecule has 0 aromatic rings. The summed E-state index contributed by atoms with van der Waals surface area (Å²) in [6.07, 6.45) is 8.58. The van der Waals surface area contributed by atoms with E-state index in [-0.39, 0.29) is 49.9 Å². The molecule has 24 nitrogen and oxygen atoms in total. The number of nitrogens with one attached hydrogen (secondary N) is 4. The minimum absolute atomic E-state index is 0.0591. The van der Waals surface area contributed by atoms with Crippen molar-refractivity contribution in [2.24, 2.45) is 23.7 Å². The second-order valence-corrected chi connectivity index (χ2v) is 28.6. The van der Waals surface area contributed by atoms with Gasteiger partial charge < -0.3 is 60.5 Å². The number of amides is 12. The van der Waals surface area contributed by atoms with E-state index in [0.29, 0.717) is 62.0 Å². The summed E-state index contributed by atoms with van der Waals surface area (Å²) in [5.41, 5.74) is -1.66. The third-order valence-corrected chi connectivity index (χ3v) is 19.7. The first-order valence-corrected chi connectivity index (χ1v) is 33.4. The van der Waals surface area contributed by atoms with Gasteiger partial charge >= 0.3 is 0 Å². The van der Waals surface area contributed by atoms with Gasteiger partial charge in [0.25, 0.3) is 0 Å². The van der Waals surface area contributed by atoms with Crippen LogP contribution in [0.25, 0.3) is 0 Å². The molecule has 25 heteroatoms. The van der Waals surface area contributed by atoms with Gasteiger partial charge in [0.2, 0.25) is 70.9 Å². The Morgan fingerprint density at radius 2 is 1.16 bits per heavy atom. The Balaban J connectivity index is 1.88. The van der Waals surface area contributed by atoms with Crippen LogP contribution in [0.2, 0.25) is 0 Å². The molecule has 3 aliphatic heterocycles. The van der Waals surface area contributed by atoms with E-state index in [1.54, 1.807) is 11.8 Å². The van der Waals surface area contributed by atoms with Crippen molar-refractivity contribution < 1.29 is 57.5 Å². The Morgan fingerprint density at radius 1 is 0.568 bits per heavy atom. The number of hydrogen-bond donors (Lipinski definition) is 4. The molecule has 3 heterocycles. The van der Waals surface area contributed by atoms with Crippen LogP contribution in [0.1, 0.15) is 171 Å². The number of hydrogen-bond acceptors (Lipinski definition) is 12. The van der Waals surface area contributed by atoms with Crippen LogP contribution < -0.4 is 21.3 Å². The monoisotopic (exact) mass is 1350 g/mol. The molecule has 1 aliphatic carbocycles. The fourth-order valence-corrected chi connectivity index (χ4v) is 13.3. The first-order chi connectivity index (χ1) is 41.2. The lowest BCUT2D eigenvalue weighted by Crippen LogP contribution is -2.63. The molecule has 0 spiro atoms. The molecule has 12 amide bonds. The number of nitrogens with zero attached hydrogens (tertiary/aromatic N) is 8. The van der Waals surface area contributed by atoms with Crippen molar-refractivity contribution in [1.82, 2.24) is 60.5 Å². The average Bonchev–Trinajstić information content (AvgIpc) is 3.50. The van der Waals surface area contributed by atoms with Gasteiger partial charge in [-0.3, -0.25) is 57.5 Å². The van der Waals surface area contributed by atoms with Crippen molar-refractivity contribution in [2.75, 3.05) is 82.1 Å². The molecule has 498 valence electrons. The predicted molar refractivity (Wildman–Crippen MR) is 343 cm³/mol. The molecule has 0 aromatic heterocycles. The summed E-state index contributed by atoms with van der Waals surface area (Å²) in [4.78, 5) is 185. The molecule has 0 aromatic carbocycles. The van der Waals surface area contributed by atoms with Gasteiger partial charge in [-0.15, -0.1) is 0 Å². The number of rotatable bonds is 9. The number of halogens is 1. The van der Waals surface area contributed by atoms with Crippen LogP contribution in [0.5, 0.6) is 0 Å². The Hall–Kier alpha value is -5.63. The van der Waals surface area contributed by atoms with E-state index >= 15 is 9.59 Å². The first-order valence-electron chi connectivity index (χ1n) is 32.1.